The summed E-state index contributed by atoms with van der Waals surface area (Å²) in [5.74, 6) is 1.83. The highest BCUT2D eigenvalue weighted by molar-refractivity contribution is 7.19. The predicted octanol–water partition coefficient (Wildman–Crippen LogP) is 15.8. The molecule has 2 nitrogen and oxygen atoms in total. The molecule has 1 aromatic heterocycles. The maximum atomic E-state index is 7.12. The van der Waals surface area contributed by atoms with E-state index in [1.165, 1.54) is 54.1 Å². The van der Waals surface area contributed by atoms with Crippen molar-refractivity contribution in [3.8, 4) is 56.0 Å². The lowest BCUT2D eigenvalue weighted by molar-refractivity contribution is 0.447. The monoisotopic (exact) mass is 783 g/mol. The second-order valence-corrected chi connectivity index (χ2v) is 16.7. The van der Waals surface area contributed by atoms with Crippen molar-refractivity contribution in [1.29, 1.82) is 0 Å². The van der Waals surface area contributed by atoms with Crippen LogP contribution in [0.2, 0.25) is 0 Å². The van der Waals surface area contributed by atoms with Gasteiger partial charge in [0.2, 0.25) is 0 Å². The second-order valence-electron chi connectivity index (χ2n) is 15.6. The molecule has 1 aliphatic heterocycles. The van der Waals surface area contributed by atoms with Gasteiger partial charge in [0.1, 0.15) is 5.75 Å². The highest BCUT2D eigenvalue weighted by Crippen LogP contribution is 2.65. The molecule has 0 atom stereocenters. The number of thiophene rings is 1. The molecule has 2 heterocycles. The Labute approximate surface area is 353 Å². The molecule has 9 aromatic carbocycles. The van der Waals surface area contributed by atoms with Crippen LogP contribution in [0.4, 0.5) is 17.1 Å². The van der Waals surface area contributed by atoms with Crippen molar-refractivity contribution in [2.24, 2.45) is 0 Å². The maximum absolute atomic E-state index is 7.12. The van der Waals surface area contributed by atoms with Gasteiger partial charge in [-0.25, -0.2) is 0 Å². The van der Waals surface area contributed by atoms with Gasteiger partial charge in [0.05, 0.1) is 10.3 Å². The first-order valence-electron chi connectivity index (χ1n) is 20.5. The van der Waals surface area contributed by atoms with E-state index < -0.39 is 5.41 Å². The molecule has 0 bridgehead atoms. The van der Waals surface area contributed by atoms with Crippen LogP contribution in [0.3, 0.4) is 0 Å². The third-order valence-corrected chi connectivity index (χ3v) is 13.6. The quantitative estimate of drug-likeness (QED) is 0.167. The minimum Gasteiger partial charge on any atom is -0.455 e. The summed E-state index contributed by atoms with van der Waals surface area (Å²) in [6.45, 7) is 0. The molecule has 12 rings (SSSR count). The largest absolute Gasteiger partial charge is 0.455 e. The van der Waals surface area contributed by atoms with Crippen LogP contribution in [0.25, 0.3) is 54.6 Å². The zero-order valence-corrected chi connectivity index (χ0v) is 33.4. The topological polar surface area (TPSA) is 12.5 Å². The highest BCUT2D eigenvalue weighted by atomic mass is 32.1. The molecule has 0 fully saturated rings. The van der Waals surface area contributed by atoms with Gasteiger partial charge in [-0.15, -0.1) is 11.3 Å². The lowest BCUT2D eigenvalue weighted by Gasteiger charge is -2.37. The first kappa shape index (κ1) is 34.6. The van der Waals surface area contributed by atoms with E-state index in [0.717, 1.165) is 50.6 Å². The summed E-state index contributed by atoms with van der Waals surface area (Å²) in [7, 11) is 0. The molecular weight excluding hydrogens is 747 g/mol. The van der Waals surface area contributed by atoms with Gasteiger partial charge < -0.3 is 9.64 Å². The molecule has 0 radical (unpaired) electrons. The number of ether oxygens (including phenoxy) is 1. The zero-order chi connectivity index (χ0) is 39.6. The molecule has 2 aliphatic rings. The van der Waals surface area contributed by atoms with E-state index in [0.29, 0.717) is 0 Å². The third-order valence-electron chi connectivity index (χ3n) is 12.3. The zero-order valence-electron chi connectivity index (χ0n) is 32.6. The molecule has 0 N–H and O–H groups in total. The number of hydrogen-bond donors (Lipinski definition) is 0. The SMILES string of the molecule is c1ccc(-c2cccc(N(c3cc(-c4ccccc4)cc(-c4ccccc4)c3)c3ccc4sc5c(c4c3)Oc3ccccc3C53c4ccccc4-c4ccccc43)c2)cc1. The van der Waals surface area contributed by atoms with Gasteiger partial charge in [0.15, 0.2) is 5.75 Å². The fraction of sp³-hybridized carbons (Fsp3) is 0.0175. The Morgan fingerprint density at radius 1 is 0.367 bits per heavy atom. The van der Waals surface area contributed by atoms with E-state index >= 15 is 0 Å². The van der Waals surface area contributed by atoms with Crippen molar-refractivity contribution in [3.05, 3.63) is 246 Å². The van der Waals surface area contributed by atoms with Crippen LogP contribution in [0.1, 0.15) is 21.6 Å². The summed E-state index contributed by atoms with van der Waals surface area (Å²) in [5, 5.41) is 1.11. The van der Waals surface area contributed by atoms with E-state index in [1.54, 1.807) is 0 Å². The van der Waals surface area contributed by atoms with Gasteiger partial charge in [-0.05, 0) is 110 Å². The maximum Gasteiger partial charge on any atom is 0.150 e. The standard InChI is InChI=1S/C57H37NOS/c1-4-17-38(18-5-1)41-23-16-24-44(34-41)58(46-35-42(39-19-6-2-7-20-39)33-43(36-46)40-21-8-3-9-22-40)45-31-32-54-49(37-45)55-56(60-54)57(52-29-14-15-30-53(52)59-55)50-27-12-10-25-47(50)48-26-11-13-28-51(48)57/h1-37H. The molecule has 10 aromatic rings. The van der Waals surface area contributed by atoms with Gasteiger partial charge in [0, 0.05) is 32.7 Å². The number of rotatable bonds is 6. The molecule has 3 heteroatoms. The lowest BCUT2D eigenvalue weighted by atomic mass is 9.69. The minimum atomic E-state index is -0.500. The van der Waals surface area contributed by atoms with E-state index in [4.69, 9.17) is 4.74 Å². The number of fused-ring (bicyclic) bond motifs is 11. The fourth-order valence-electron chi connectivity index (χ4n) is 9.66. The number of hydrogen-bond acceptors (Lipinski definition) is 3. The van der Waals surface area contributed by atoms with Crippen LogP contribution in [-0.2, 0) is 5.41 Å². The van der Waals surface area contributed by atoms with Crippen LogP contribution in [0, 0.1) is 0 Å². The average molecular weight is 784 g/mol. The molecule has 0 saturated heterocycles. The molecule has 0 saturated carbocycles. The Morgan fingerprint density at radius 2 is 0.867 bits per heavy atom. The van der Waals surface area contributed by atoms with E-state index in [1.807, 2.05) is 11.3 Å². The Morgan fingerprint density at radius 3 is 1.50 bits per heavy atom. The fourth-order valence-corrected chi connectivity index (χ4v) is 11.0. The first-order valence-corrected chi connectivity index (χ1v) is 21.3. The van der Waals surface area contributed by atoms with Crippen LogP contribution in [0.15, 0.2) is 224 Å². The average Bonchev–Trinajstić information content (AvgIpc) is 3.84. The third kappa shape index (κ3) is 5.33. The van der Waals surface area contributed by atoms with Crippen molar-refractivity contribution < 1.29 is 4.74 Å². The molecular formula is C57H37NOS. The van der Waals surface area contributed by atoms with Gasteiger partial charge in [-0.3, -0.25) is 0 Å². The number of nitrogens with zero attached hydrogens (tertiary/aromatic N) is 1. The van der Waals surface area contributed by atoms with Crippen LogP contribution in [0.5, 0.6) is 11.5 Å². The molecule has 1 aliphatic carbocycles. The Hall–Kier alpha value is -7.46. The summed E-state index contributed by atoms with van der Waals surface area (Å²) in [6, 6.07) is 81.4. The van der Waals surface area contributed by atoms with Crippen molar-refractivity contribution in [2.75, 3.05) is 4.90 Å². The Kier molecular flexibility index (Phi) is 7.97. The Balaban J connectivity index is 1.11. The van der Waals surface area contributed by atoms with Crippen LogP contribution in [-0.4, -0.2) is 0 Å². The van der Waals surface area contributed by atoms with Crippen molar-refractivity contribution in [2.45, 2.75) is 5.41 Å². The lowest BCUT2D eigenvalue weighted by Crippen LogP contribution is -2.30. The molecule has 0 unspecified atom stereocenters. The van der Waals surface area contributed by atoms with Gasteiger partial charge in [-0.1, -0.05) is 170 Å². The number of anilines is 3. The summed E-state index contributed by atoms with van der Waals surface area (Å²) in [5.41, 5.74) is 16.1. The van der Waals surface area contributed by atoms with E-state index in [9.17, 15) is 0 Å². The highest BCUT2D eigenvalue weighted by Gasteiger charge is 2.52. The minimum absolute atomic E-state index is 0.500. The van der Waals surface area contributed by atoms with E-state index in [-0.39, 0.29) is 0 Å². The normalized spacial score (nSPS) is 12.9. The molecule has 1 spiro atoms. The Bertz CT molecular complexity index is 3140. The first-order chi connectivity index (χ1) is 29.7. The number of para-hydroxylation sites is 1. The predicted molar refractivity (Wildman–Crippen MR) is 250 cm³/mol. The van der Waals surface area contributed by atoms with Crippen molar-refractivity contribution in [1.82, 2.24) is 0 Å². The summed E-state index contributed by atoms with van der Waals surface area (Å²) in [6.07, 6.45) is 0. The van der Waals surface area contributed by atoms with E-state index in [2.05, 4.69) is 229 Å². The smallest absolute Gasteiger partial charge is 0.150 e. The molecule has 0 amide bonds. The second kappa shape index (κ2) is 13.8. The van der Waals surface area contributed by atoms with Crippen molar-refractivity contribution >= 4 is 38.5 Å². The van der Waals surface area contributed by atoms with Crippen molar-refractivity contribution in [3.63, 3.8) is 0 Å². The van der Waals surface area contributed by atoms with Crippen LogP contribution < -0.4 is 9.64 Å². The molecule has 282 valence electrons. The van der Waals surface area contributed by atoms with Crippen LogP contribution >= 0.6 is 11.3 Å². The van der Waals surface area contributed by atoms with Gasteiger partial charge >= 0.3 is 0 Å². The van der Waals surface area contributed by atoms with Gasteiger partial charge in [-0.2, -0.15) is 0 Å². The summed E-state index contributed by atoms with van der Waals surface area (Å²) >= 11 is 1.85. The van der Waals surface area contributed by atoms with Gasteiger partial charge in [0.25, 0.3) is 0 Å². The summed E-state index contributed by atoms with van der Waals surface area (Å²) < 4.78 is 8.31. The number of benzene rings is 9. The molecule has 60 heavy (non-hydrogen) atoms. The summed E-state index contributed by atoms with van der Waals surface area (Å²) in [4.78, 5) is 3.64.